The summed E-state index contributed by atoms with van der Waals surface area (Å²) in [5.74, 6) is 0.932. The van der Waals surface area contributed by atoms with Gasteiger partial charge in [-0.25, -0.2) is 0 Å². The van der Waals surface area contributed by atoms with E-state index in [1.165, 1.54) is 41.9 Å². The van der Waals surface area contributed by atoms with Gasteiger partial charge in [-0.2, -0.15) is 0 Å². The molecule has 0 radical (unpaired) electrons. The topological polar surface area (TPSA) is 12.0 Å². The molecule has 0 aromatic carbocycles. The van der Waals surface area contributed by atoms with Gasteiger partial charge in [0.25, 0.3) is 0 Å². The van der Waals surface area contributed by atoms with Crippen LogP contribution in [0.15, 0.2) is 12.1 Å². The monoisotopic (exact) mass is 251 g/mol. The lowest BCUT2D eigenvalue weighted by molar-refractivity contribution is 0.411. The minimum atomic E-state index is 0.520. The Morgan fingerprint density at radius 3 is 2.76 bits per heavy atom. The molecule has 96 valence electrons. The Labute approximate surface area is 110 Å². The molecule has 17 heavy (non-hydrogen) atoms. The molecular formula is C15H25NS. The van der Waals surface area contributed by atoms with E-state index >= 15 is 0 Å². The van der Waals surface area contributed by atoms with Gasteiger partial charge in [-0.1, -0.05) is 19.8 Å². The summed E-state index contributed by atoms with van der Waals surface area (Å²) in [6.45, 7) is 6.89. The van der Waals surface area contributed by atoms with E-state index in [9.17, 15) is 0 Å². The van der Waals surface area contributed by atoms with Gasteiger partial charge in [0.2, 0.25) is 0 Å². The molecule has 0 bridgehead atoms. The average Bonchev–Trinajstić information content (AvgIpc) is 2.62. The van der Waals surface area contributed by atoms with Gasteiger partial charge in [0.1, 0.15) is 0 Å². The Morgan fingerprint density at radius 2 is 2.06 bits per heavy atom. The normalized spacial score (nSPS) is 27.7. The van der Waals surface area contributed by atoms with Crippen molar-refractivity contribution in [2.24, 2.45) is 5.92 Å². The largest absolute Gasteiger partial charge is 0.307 e. The molecule has 2 rings (SSSR count). The fraction of sp³-hybridized carbons (Fsp3) is 0.733. The summed E-state index contributed by atoms with van der Waals surface area (Å²) in [4.78, 5) is 2.91. The van der Waals surface area contributed by atoms with Crippen LogP contribution in [0, 0.1) is 12.8 Å². The van der Waals surface area contributed by atoms with Gasteiger partial charge in [0.15, 0.2) is 0 Å². The van der Waals surface area contributed by atoms with Gasteiger partial charge in [0.05, 0.1) is 0 Å². The highest BCUT2D eigenvalue weighted by molar-refractivity contribution is 7.12. The first-order valence-corrected chi connectivity index (χ1v) is 7.79. The van der Waals surface area contributed by atoms with Crippen molar-refractivity contribution in [1.29, 1.82) is 0 Å². The lowest BCUT2D eigenvalue weighted by Crippen LogP contribution is -2.30. The van der Waals surface area contributed by atoms with E-state index in [2.05, 4.69) is 38.2 Å². The molecule has 0 amide bonds. The Kier molecular flexibility index (Phi) is 4.63. The van der Waals surface area contributed by atoms with E-state index in [1.807, 2.05) is 11.3 Å². The van der Waals surface area contributed by atoms with Gasteiger partial charge in [0, 0.05) is 21.8 Å². The maximum absolute atomic E-state index is 3.82. The maximum Gasteiger partial charge on any atom is 0.0388 e. The van der Waals surface area contributed by atoms with Crippen LogP contribution in [0.2, 0.25) is 0 Å². The van der Waals surface area contributed by atoms with Crippen LogP contribution in [0.5, 0.6) is 0 Å². The van der Waals surface area contributed by atoms with Crippen molar-refractivity contribution in [3.05, 3.63) is 21.9 Å². The summed E-state index contributed by atoms with van der Waals surface area (Å²) < 4.78 is 0. The molecule has 3 atom stereocenters. The second kappa shape index (κ2) is 6.01. The molecule has 0 aliphatic heterocycles. The summed E-state index contributed by atoms with van der Waals surface area (Å²) in [6.07, 6.45) is 6.93. The van der Waals surface area contributed by atoms with Gasteiger partial charge in [-0.15, -0.1) is 11.3 Å². The van der Waals surface area contributed by atoms with Crippen LogP contribution in [0.4, 0.5) is 0 Å². The zero-order valence-corrected chi connectivity index (χ0v) is 12.1. The second-order valence-electron chi connectivity index (χ2n) is 5.65. The van der Waals surface area contributed by atoms with Gasteiger partial charge < -0.3 is 5.32 Å². The third-order valence-corrected chi connectivity index (χ3v) is 5.11. The fourth-order valence-corrected chi connectivity index (χ4v) is 3.66. The van der Waals surface area contributed by atoms with Crippen LogP contribution >= 0.6 is 11.3 Å². The Balaban J connectivity index is 1.87. The number of hydrogen-bond acceptors (Lipinski definition) is 2. The summed E-state index contributed by atoms with van der Waals surface area (Å²) in [5, 5.41) is 3.82. The molecule has 1 nitrogen and oxygen atoms in total. The van der Waals surface area contributed by atoms with Crippen molar-refractivity contribution in [2.75, 3.05) is 0 Å². The second-order valence-corrected chi connectivity index (χ2v) is 6.97. The van der Waals surface area contributed by atoms with Gasteiger partial charge >= 0.3 is 0 Å². The van der Waals surface area contributed by atoms with Crippen molar-refractivity contribution in [1.82, 2.24) is 5.32 Å². The predicted molar refractivity (Wildman–Crippen MR) is 76.6 cm³/mol. The lowest BCUT2D eigenvalue weighted by Gasteiger charge is -2.21. The van der Waals surface area contributed by atoms with Crippen molar-refractivity contribution in [3.8, 4) is 0 Å². The Bertz CT molecular complexity index is 344. The van der Waals surface area contributed by atoms with Crippen LogP contribution in [-0.2, 0) is 0 Å². The number of aryl methyl sites for hydroxylation is 1. The number of thiophene rings is 1. The zero-order valence-electron chi connectivity index (χ0n) is 11.3. The quantitative estimate of drug-likeness (QED) is 0.769. The molecule has 0 saturated heterocycles. The van der Waals surface area contributed by atoms with E-state index in [-0.39, 0.29) is 0 Å². The predicted octanol–water partition coefficient (Wildman–Crippen LogP) is 4.68. The highest BCUT2D eigenvalue weighted by Gasteiger charge is 2.18. The molecule has 3 unspecified atom stereocenters. The molecule has 1 heterocycles. The maximum atomic E-state index is 3.82. The number of rotatable bonds is 3. The van der Waals surface area contributed by atoms with Crippen LogP contribution in [0.1, 0.15) is 61.7 Å². The summed E-state index contributed by atoms with van der Waals surface area (Å²) in [5.41, 5.74) is 0. The molecule has 0 spiro atoms. The molecule has 1 aliphatic rings. The van der Waals surface area contributed by atoms with Crippen LogP contribution in [0.3, 0.4) is 0 Å². The first kappa shape index (κ1) is 13.1. The highest BCUT2D eigenvalue weighted by atomic mass is 32.1. The molecule has 1 aliphatic carbocycles. The Morgan fingerprint density at radius 1 is 1.24 bits per heavy atom. The first-order chi connectivity index (χ1) is 8.15. The molecule has 2 heteroatoms. The lowest BCUT2D eigenvalue weighted by atomic mass is 10.0. The minimum absolute atomic E-state index is 0.520. The van der Waals surface area contributed by atoms with Crippen LogP contribution in [-0.4, -0.2) is 6.04 Å². The summed E-state index contributed by atoms with van der Waals surface area (Å²) >= 11 is 1.93. The van der Waals surface area contributed by atoms with E-state index in [0.29, 0.717) is 6.04 Å². The van der Waals surface area contributed by atoms with E-state index in [1.54, 1.807) is 0 Å². The van der Waals surface area contributed by atoms with Crippen LogP contribution < -0.4 is 5.32 Å². The van der Waals surface area contributed by atoms with Crippen molar-refractivity contribution < 1.29 is 0 Å². The van der Waals surface area contributed by atoms with E-state index < -0.39 is 0 Å². The first-order valence-electron chi connectivity index (χ1n) is 6.97. The SMILES string of the molecule is Cc1ccc(C(C)NC2CCCC(C)CC2)s1. The smallest absolute Gasteiger partial charge is 0.0388 e. The molecule has 1 aromatic heterocycles. The molecule has 1 fully saturated rings. The summed E-state index contributed by atoms with van der Waals surface area (Å²) in [7, 11) is 0. The standard InChI is InChI=1S/C15H25NS/c1-11-5-4-6-14(9-7-11)16-13(3)15-10-8-12(2)17-15/h8,10-11,13-14,16H,4-7,9H2,1-3H3. The third kappa shape index (κ3) is 3.82. The average molecular weight is 251 g/mol. The minimum Gasteiger partial charge on any atom is -0.307 e. The van der Waals surface area contributed by atoms with Crippen molar-refractivity contribution >= 4 is 11.3 Å². The van der Waals surface area contributed by atoms with E-state index in [4.69, 9.17) is 0 Å². The number of nitrogens with one attached hydrogen (secondary N) is 1. The molecular weight excluding hydrogens is 226 g/mol. The zero-order chi connectivity index (χ0) is 12.3. The Hall–Kier alpha value is -0.340. The van der Waals surface area contributed by atoms with Gasteiger partial charge in [-0.05, 0) is 51.2 Å². The third-order valence-electron chi connectivity index (χ3n) is 3.93. The highest BCUT2D eigenvalue weighted by Crippen LogP contribution is 2.27. The molecule has 1 aromatic rings. The van der Waals surface area contributed by atoms with Gasteiger partial charge in [-0.3, -0.25) is 0 Å². The number of hydrogen-bond donors (Lipinski definition) is 1. The molecule has 1 saturated carbocycles. The summed E-state index contributed by atoms with van der Waals surface area (Å²) in [6, 6.07) is 5.76. The van der Waals surface area contributed by atoms with Crippen LogP contribution in [0.25, 0.3) is 0 Å². The van der Waals surface area contributed by atoms with Crippen molar-refractivity contribution in [3.63, 3.8) is 0 Å². The fourth-order valence-electron chi connectivity index (χ4n) is 2.78. The molecule has 1 N–H and O–H groups in total. The van der Waals surface area contributed by atoms with E-state index in [0.717, 1.165) is 12.0 Å². The van der Waals surface area contributed by atoms with Crippen molar-refractivity contribution in [2.45, 2.75) is 65.0 Å².